The van der Waals surface area contributed by atoms with E-state index in [9.17, 15) is 18.0 Å². The predicted octanol–water partition coefficient (Wildman–Crippen LogP) is 2.34. The Morgan fingerprint density at radius 2 is 1.83 bits per heavy atom. The minimum Gasteiger partial charge on any atom is -0.423 e. The molecule has 0 atom stereocenters. The minimum absolute atomic E-state index is 0.0129. The number of ether oxygens (including phenoxy) is 2. The number of sulfonamides is 1. The van der Waals surface area contributed by atoms with Crippen LogP contribution in [-0.2, 0) is 14.8 Å². The maximum Gasteiger partial charge on any atom is 0.343 e. The van der Waals surface area contributed by atoms with Crippen LogP contribution in [0.5, 0.6) is 5.75 Å². The van der Waals surface area contributed by atoms with Crippen LogP contribution in [0.2, 0.25) is 0 Å². The highest BCUT2D eigenvalue weighted by Crippen LogP contribution is 2.24. The van der Waals surface area contributed by atoms with Crippen molar-refractivity contribution in [3.05, 3.63) is 70.1 Å². The van der Waals surface area contributed by atoms with Crippen LogP contribution in [0.4, 0.5) is 0 Å². The molecule has 0 unspecified atom stereocenters. The molecule has 30 heavy (non-hydrogen) atoms. The summed E-state index contributed by atoms with van der Waals surface area (Å²) < 4.78 is 42.7. The van der Waals surface area contributed by atoms with Crippen LogP contribution >= 0.6 is 0 Å². The molecular weight excluding hydrogens is 410 g/mol. The highest BCUT2D eigenvalue weighted by Gasteiger charge is 2.27. The number of aryl methyl sites for hydroxylation is 1. The van der Waals surface area contributed by atoms with E-state index in [2.05, 4.69) is 0 Å². The molecule has 0 spiro atoms. The van der Waals surface area contributed by atoms with Gasteiger partial charge in [-0.1, -0.05) is 6.07 Å². The molecular formula is C21H19NO7S. The van der Waals surface area contributed by atoms with Gasteiger partial charge in [0, 0.05) is 30.6 Å². The lowest BCUT2D eigenvalue weighted by molar-refractivity contribution is 0.0727. The Labute approximate surface area is 172 Å². The van der Waals surface area contributed by atoms with Crippen molar-refractivity contribution in [1.29, 1.82) is 0 Å². The van der Waals surface area contributed by atoms with Gasteiger partial charge in [0.25, 0.3) is 0 Å². The number of esters is 1. The molecule has 0 radical (unpaired) electrons. The average molecular weight is 429 g/mol. The Morgan fingerprint density at radius 3 is 2.60 bits per heavy atom. The number of rotatable bonds is 4. The summed E-state index contributed by atoms with van der Waals surface area (Å²) >= 11 is 0. The van der Waals surface area contributed by atoms with Crippen LogP contribution in [0.1, 0.15) is 15.9 Å². The maximum atomic E-state index is 12.8. The molecule has 2 aromatic carbocycles. The third-order valence-corrected chi connectivity index (χ3v) is 6.71. The number of nitrogens with zero attached hydrogens (tertiary/aromatic N) is 1. The second kappa shape index (κ2) is 8.02. The Bertz CT molecular complexity index is 1270. The summed E-state index contributed by atoms with van der Waals surface area (Å²) in [5.74, 6) is -0.536. The molecule has 1 aromatic heterocycles. The summed E-state index contributed by atoms with van der Waals surface area (Å²) in [6, 6.07) is 11.8. The first-order valence-electron chi connectivity index (χ1n) is 9.29. The van der Waals surface area contributed by atoms with Crippen LogP contribution in [0, 0.1) is 6.92 Å². The summed E-state index contributed by atoms with van der Waals surface area (Å²) in [5, 5.41) is 0.730. The molecule has 1 aliphatic heterocycles. The van der Waals surface area contributed by atoms with Gasteiger partial charge < -0.3 is 13.9 Å². The number of morpholine rings is 1. The largest absolute Gasteiger partial charge is 0.423 e. The molecule has 0 saturated carbocycles. The zero-order chi connectivity index (χ0) is 21.3. The smallest absolute Gasteiger partial charge is 0.343 e. The quantitative estimate of drug-likeness (QED) is 0.356. The van der Waals surface area contributed by atoms with Crippen molar-refractivity contribution in [2.24, 2.45) is 0 Å². The standard InChI is InChI=1S/C21H19NO7S/c1-14-11-20(23)29-19-13-16(5-6-18(14)19)28-21(24)15-3-2-4-17(12-15)30(25,26)22-7-9-27-10-8-22/h2-6,11-13H,7-10H2,1H3. The highest BCUT2D eigenvalue weighted by atomic mass is 32.2. The summed E-state index contributed by atoms with van der Waals surface area (Å²) in [6.07, 6.45) is 0. The van der Waals surface area contributed by atoms with Gasteiger partial charge in [0.1, 0.15) is 11.3 Å². The van der Waals surface area contributed by atoms with Crippen molar-refractivity contribution in [3.8, 4) is 5.75 Å². The summed E-state index contributed by atoms with van der Waals surface area (Å²) in [5.41, 5.74) is 0.647. The van der Waals surface area contributed by atoms with Crippen molar-refractivity contribution in [1.82, 2.24) is 4.31 Å². The van der Waals surface area contributed by atoms with Crippen molar-refractivity contribution in [3.63, 3.8) is 0 Å². The highest BCUT2D eigenvalue weighted by molar-refractivity contribution is 7.89. The third kappa shape index (κ3) is 4.00. The molecule has 3 aromatic rings. The second-order valence-corrected chi connectivity index (χ2v) is 8.78. The molecule has 4 rings (SSSR count). The number of fused-ring (bicyclic) bond motifs is 1. The molecule has 0 bridgehead atoms. The van der Waals surface area contributed by atoms with Gasteiger partial charge in [0.05, 0.1) is 23.7 Å². The lowest BCUT2D eigenvalue weighted by Crippen LogP contribution is -2.40. The predicted molar refractivity (Wildman–Crippen MR) is 108 cm³/mol. The van der Waals surface area contributed by atoms with E-state index >= 15 is 0 Å². The fourth-order valence-electron chi connectivity index (χ4n) is 3.25. The van der Waals surface area contributed by atoms with E-state index in [0.29, 0.717) is 18.8 Å². The molecule has 1 aliphatic rings. The number of carbonyl (C=O) groups excluding carboxylic acids is 1. The van der Waals surface area contributed by atoms with Crippen molar-refractivity contribution in [2.75, 3.05) is 26.3 Å². The number of benzene rings is 2. The summed E-state index contributed by atoms with van der Waals surface area (Å²) in [4.78, 5) is 24.2. The first kappa shape index (κ1) is 20.3. The van der Waals surface area contributed by atoms with Crippen LogP contribution in [-0.4, -0.2) is 45.0 Å². The number of hydrogen-bond donors (Lipinski definition) is 0. The summed E-state index contributed by atoms with van der Waals surface area (Å²) in [6.45, 7) is 2.97. The van der Waals surface area contributed by atoms with E-state index in [0.717, 1.165) is 10.9 Å². The van der Waals surface area contributed by atoms with E-state index in [1.54, 1.807) is 19.1 Å². The first-order chi connectivity index (χ1) is 14.3. The van der Waals surface area contributed by atoms with Crippen molar-refractivity contribution < 1.29 is 27.1 Å². The zero-order valence-electron chi connectivity index (χ0n) is 16.2. The fraction of sp³-hybridized carbons (Fsp3) is 0.238. The maximum absolute atomic E-state index is 12.8. The Morgan fingerprint density at radius 1 is 1.07 bits per heavy atom. The number of carbonyl (C=O) groups is 1. The minimum atomic E-state index is -3.73. The van der Waals surface area contributed by atoms with Gasteiger partial charge in [-0.3, -0.25) is 0 Å². The topological polar surface area (TPSA) is 103 Å². The van der Waals surface area contributed by atoms with E-state index in [-0.39, 0.29) is 29.3 Å². The van der Waals surface area contributed by atoms with Gasteiger partial charge in [-0.2, -0.15) is 4.31 Å². The fourth-order valence-corrected chi connectivity index (χ4v) is 4.71. The second-order valence-electron chi connectivity index (χ2n) is 6.84. The number of hydrogen-bond acceptors (Lipinski definition) is 7. The van der Waals surface area contributed by atoms with Crippen LogP contribution < -0.4 is 10.4 Å². The normalized spacial score (nSPS) is 15.2. The van der Waals surface area contributed by atoms with Crippen LogP contribution in [0.15, 0.2) is 62.6 Å². The lowest BCUT2D eigenvalue weighted by atomic mass is 10.1. The van der Waals surface area contributed by atoms with Gasteiger partial charge in [-0.05, 0) is 42.8 Å². The monoisotopic (exact) mass is 429 g/mol. The first-order valence-corrected chi connectivity index (χ1v) is 10.7. The molecule has 1 fully saturated rings. The average Bonchev–Trinajstić information content (AvgIpc) is 2.74. The lowest BCUT2D eigenvalue weighted by Gasteiger charge is -2.26. The summed E-state index contributed by atoms with van der Waals surface area (Å²) in [7, 11) is -3.73. The van der Waals surface area contributed by atoms with Gasteiger partial charge in [0.2, 0.25) is 10.0 Å². The van der Waals surface area contributed by atoms with Crippen LogP contribution in [0.25, 0.3) is 11.0 Å². The van der Waals surface area contributed by atoms with Crippen molar-refractivity contribution in [2.45, 2.75) is 11.8 Å². The SMILES string of the molecule is Cc1cc(=O)oc2cc(OC(=O)c3cccc(S(=O)(=O)N4CCOCC4)c3)ccc12. The third-order valence-electron chi connectivity index (χ3n) is 4.81. The van der Waals surface area contributed by atoms with Gasteiger partial charge in [0.15, 0.2) is 0 Å². The van der Waals surface area contributed by atoms with Gasteiger partial charge in [-0.15, -0.1) is 0 Å². The van der Waals surface area contributed by atoms with E-state index in [1.165, 1.54) is 40.7 Å². The van der Waals surface area contributed by atoms with Crippen LogP contribution in [0.3, 0.4) is 0 Å². The molecule has 0 aliphatic carbocycles. The van der Waals surface area contributed by atoms with E-state index < -0.39 is 21.6 Å². The molecule has 0 amide bonds. The molecule has 8 nitrogen and oxygen atoms in total. The van der Waals surface area contributed by atoms with Gasteiger partial charge in [-0.25, -0.2) is 18.0 Å². The Balaban J connectivity index is 1.59. The molecule has 1 saturated heterocycles. The Kier molecular flexibility index (Phi) is 5.42. The van der Waals surface area contributed by atoms with E-state index in [1.807, 2.05) is 0 Å². The van der Waals surface area contributed by atoms with Crippen molar-refractivity contribution >= 4 is 27.0 Å². The molecule has 2 heterocycles. The Hall–Kier alpha value is -3.01. The molecule has 0 N–H and O–H groups in total. The zero-order valence-corrected chi connectivity index (χ0v) is 17.0. The molecule has 156 valence electrons. The molecule has 9 heteroatoms. The van der Waals surface area contributed by atoms with E-state index in [4.69, 9.17) is 13.9 Å². The van der Waals surface area contributed by atoms with Gasteiger partial charge >= 0.3 is 11.6 Å².